The molecule has 5 heteroatoms. The first-order valence-corrected chi connectivity index (χ1v) is 7.62. The van der Waals surface area contributed by atoms with E-state index in [0.717, 1.165) is 0 Å². The number of nitrogens with zero attached hydrogens (tertiary/aromatic N) is 1. The van der Waals surface area contributed by atoms with Crippen molar-refractivity contribution >= 4 is 11.6 Å². The summed E-state index contributed by atoms with van der Waals surface area (Å²) < 4.78 is 11.0. The first-order chi connectivity index (χ1) is 12.2. The van der Waals surface area contributed by atoms with Crippen LogP contribution in [0.2, 0.25) is 0 Å². The molecule has 0 spiro atoms. The molecule has 0 fully saturated rings. The van der Waals surface area contributed by atoms with Crippen molar-refractivity contribution in [3.63, 3.8) is 0 Å². The Balaban J connectivity index is 2.06. The van der Waals surface area contributed by atoms with E-state index in [-0.39, 0.29) is 5.91 Å². The fourth-order valence-electron chi connectivity index (χ4n) is 1.99. The molecule has 0 bridgehead atoms. The molecule has 0 aliphatic rings. The molecule has 0 saturated carbocycles. The van der Waals surface area contributed by atoms with Crippen LogP contribution in [0.1, 0.15) is 12.5 Å². The van der Waals surface area contributed by atoms with E-state index < -0.39 is 0 Å². The number of amides is 1. The molecule has 0 saturated heterocycles. The zero-order chi connectivity index (χ0) is 18.1. The zero-order valence-electron chi connectivity index (χ0n) is 14.0. The van der Waals surface area contributed by atoms with E-state index in [9.17, 15) is 4.79 Å². The number of allylic oxidation sites excluding steroid dienone is 3. The van der Waals surface area contributed by atoms with Crippen LogP contribution >= 0.6 is 0 Å². The summed E-state index contributed by atoms with van der Waals surface area (Å²) in [5, 5.41) is 11.7. The molecule has 25 heavy (non-hydrogen) atoms. The van der Waals surface area contributed by atoms with Gasteiger partial charge in [-0.3, -0.25) is 4.79 Å². The van der Waals surface area contributed by atoms with Crippen LogP contribution in [0.5, 0.6) is 17.2 Å². The number of benzene rings is 2. The minimum atomic E-state index is -0.208. The first kappa shape index (κ1) is 17.8. The van der Waals surface area contributed by atoms with E-state index in [1.807, 2.05) is 13.0 Å². The van der Waals surface area contributed by atoms with Crippen molar-refractivity contribution in [1.82, 2.24) is 0 Å². The largest absolute Gasteiger partial charge is 0.493 e. The van der Waals surface area contributed by atoms with Crippen LogP contribution in [0.25, 0.3) is 0 Å². The Hall–Kier alpha value is -3.52. The second-order valence-electron chi connectivity index (χ2n) is 4.98. The van der Waals surface area contributed by atoms with E-state index >= 15 is 0 Å². The molecule has 0 aliphatic carbocycles. The van der Waals surface area contributed by atoms with E-state index in [4.69, 9.17) is 14.7 Å². The van der Waals surface area contributed by atoms with Crippen molar-refractivity contribution in [2.75, 3.05) is 12.4 Å². The standard InChI is InChI=1S/C20H18N2O3/c1-3-4-5-6-20(23)22-16-8-10-17(11-9-16)25-18-12-7-15(14-21)13-19(18)24-2/h3-13H,1-2H3,(H,22,23)/b4-3+,6-5+. The minimum Gasteiger partial charge on any atom is -0.493 e. The molecule has 0 aliphatic heterocycles. The predicted octanol–water partition coefficient (Wildman–Crippen LogP) is 4.43. The van der Waals surface area contributed by atoms with Crippen molar-refractivity contribution in [2.24, 2.45) is 0 Å². The molecule has 2 aromatic rings. The molecule has 126 valence electrons. The van der Waals surface area contributed by atoms with Gasteiger partial charge in [0.1, 0.15) is 5.75 Å². The normalized spacial score (nSPS) is 10.6. The highest BCUT2D eigenvalue weighted by molar-refractivity contribution is 5.99. The van der Waals surface area contributed by atoms with Crippen LogP contribution in [0, 0.1) is 11.3 Å². The van der Waals surface area contributed by atoms with Gasteiger partial charge in [0, 0.05) is 17.8 Å². The lowest BCUT2D eigenvalue weighted by atomic mass is 10.2. The lowest BCUT2D eigenvalue weighted by Crippen LogP contribution is -2.07. The molecule has 0 radical (unpaired) electrons. The van der Waals surface area contributed by atoms with Crippen molar-refractivity contribution < 1.29 is 14.3 Å². The molecule has 0 atom stereocenters. The Kier molecular flexibility index (Phi) is 6.38. The monoisotopic (exact) mass is 334 g/mol. The smallest absolute Gasteiger partial charge is 0.248 e. The number of ether oxygens (including phenoxy) is 2. The van der Waals surface area contributed by atoms with Crippen LogP contribution in [0.3, 0.4) is 0 Å². The third-order valence-corrected chi connectivity index (χ3v) is 3.19. The SMILES string of the molecule is C/C=C/C=C/C(=O)Nc1ccc(Oc2ccc(C#N)cc2OC)cc1. The molecular weight excluding hydrogens is 316 g/mol. The number of carbonyl (C=O) groups is 1. The van der Waals surface area contributed by atoms with Gasteiger partial charge < -0.3 is 14.8 Å². The van der Waals surface area contributed by atoms with Crippen LogP contribution in [-0.2, 0) is 4.79 Å². The summed E-state index contributed by atoms with van der Waals surface area (Å²) in [5.74, 6) is 1.36. The zero-order valence-corrected chi connectivity index (χ0v) is 14.0. The number of hydrogen-bond donors (Lipinski definition) is 1. The summed E-state index contributed by atoms with van der Waals surface area (Å²) in [5.41, 5.74) is 1.16. The van der Waals surface area contributed by atoms with Gasteiger partial charge in [0.2, 0.25) is 5.91 Å². The number of nitrogens with one attached hydrogen (secondary N) is 1. The van der Waals surface area contributed by atoms with Gasteiger partial charge >= 0.3 is 0 Å². The summed E-state index contributed by atoms with van der Waals surface area (Å²) in [6.07, 6.45) is 6.74. The number of hydrogen-bond acceptors (Lipinski definition) is 4. The van der Waals surface area contributed by atoms with Gasteiger partial charge in [-0.2, -0.15) is 5.26 Å². The Labute approximate surface area is 146 Å². The van der Waals surface area contributed by atoms with Crippen LogP contribution < -0.4 is 14.8 Å². The Bertz CT molecular complexity index is 831. The van der Waals surface area contributed by atoms with Crippen molar-refractivity contribution in [3.8, 4) is 23.3 Å². The van der Waals surface area contributed by atoms with E-state index in [1.165, 1.54) is 13.2 Å². The highest BCUT2D eigenvalue weighted by Gasteiger charge is 2.07. The van der Waals surface area contributed by atoms with Crippen LogP contribution in [0.15, 0.2) is 66.8 Å². The summed E-state index contributed by atoms with van der Waals surface area (Å²) in [6, 6.07) is 14.0. The van der Waals surface area contributed by atoms with Gasteiger partial charge in [0.25, 0.3) is 0 Å². The molecule has 1 amide bonds. The van der Waals surface area contributed by atoms with Gasteiger partial charge in [0.05, 0.1) is 18.7 Å². The van der Waals surface area contributed by atoms with E-state index in [2.05, 4.69) is 11.4 Å². The molecule has 5 nitrogen and oxygen atoms in total. The van der Waals surface area contributed by atoms with Crippen LogP contribution in [-0.4, -0.2) is 13.0 Å². The van der Waals surface area contributed by atoms with Gasteiger partial charge in [-0.1, -0.05) is 18.2 Å². The average molecular weight is 334 g/mol. The first-order valence-electron chi connectivity index (χ1n) is 7.62. The third kappa shape index (κ3) is 5.26. The maximum atomic E-state index is 11.7. The number of carbonyl (C=O) groups excluding carboxylic acids is 1. The second kappa shape index (κ2) is 8.94. The topological polar surface area (TPSA) is 71.3 Å². The highest BCUT2D eigenvalue weighted by Crippen LogP contribution is 2.32. The number of methoxy groups -OCH3 is 1. The molecule has 0 aromatic heterocycles. The molecule has 1 N–H and O–H groups in total. The van der Waals surface area contributed by atoms with Gasteiger partial charge in [-0.15, -0.1) is 0 Å². The fraction of sp³-hybridized carbons (Fsp3) is 0.100. The maximum absolute atomic E-state index is 11.7. The van der Waals surface area contributed by atoms with Gasteiger partial charge in [-0.25, -0.2) is 0 Å². The number of anilines is 1. The summed E-state index contributed by atoms with van der Waals surface area (Å²) in [7, 11) is 1.52. The fourth-order valence-corrected chi connectivity index (χ4v) is 1.99. The molecule has 2 rings (SSSR count). The van der Waals surface area contributed by atoms with Gasteiger partial charge in [0.15, 0.2) is 11.5 Å². The average Bonchev–Trinajstić information content (AvgIpc) is 2.64. The lowest BCUT2D eigenvalue weighted by molar-refractivity contribution is -0.111. The minimum absolute atomic E-state index is 0.208. The Morgan fingerprint density at radius 2 is 1.88 bits per heavy atom. The maximum Gasteiger partial charge on any atom is 0.248 e. The van der Waals surface area contributed by atoms with Crippen LogP contribution in [0.4, 0.5) is 5.69 Å². The van der Waals surface area contributed by atoms with Crippen molar-refractivity contribution in [3.05, 3.63) is 72.3 Å². The lowest BCUT2D eigenvalue weighted by Gasteiger charge is -2.11. The molecule has 0 unspecified atom stereocenters. The quantitative estimate of drug-likeness (QED) is 0.626. The molecule has 0 heterocycles. The van der Waals surface area contributed by atoms with E-state index in [1.54, 1.807) is 54.6 Å². The molecule has 2 aromatic carbocycles. The summed E-state index contributed by atoms with van der Waals surface area (Å²) in [4.78, 5) is 11.7. The Morgan fingerprint density at radius 3 is 2.52 bits per heavy atom. The van der Waals surface area contributed by atoms with E-state index in [0.29, 0.717) is 28.5 Å². The molecular formula is C20H18N2O3. The third-order valence-electron chi connectivity index (χ3n) is 3.19. The second-order valence-corrected chi connectivity index (χ2v) is 4.98. The summed E-state index contributed by atoms with van der Waals surface area (Å²) in [6.45, 7) is 1.88. The number of rotatable bonds is 6. The van der Waals surface area contributed by atoms with Gasteiger partial charge in [-0.05, 0) is 43.3 Å². The van der Waals surface area contributed by atoms with Crippen molar-refractivity contribution in [1.29, 1.82) is 5.26 Å². The predicted molar refractivity (Wildman–Crippen MR) is 96.8 cm³/mol. The Morgan fingerprint density at radius 1 is 1.12 bits per heavy atom. The highest BCUT2D eigenvalue weighted by atomic mass is 16.5. The summed E-state index contributed by atoms with van der Waals surface area (Å²) >= 11 is 0. The number of nitriles is 1. The van der Waals surface area contributed by atoms with Crippen molar-refractivity contribution in [2.45, 2.75) is 6.92 Å².